The Morgan fingerprint density at radius 1 is 1.37 bits per heavy atom. The van der Waals surface area contributed by atoms with E-state index in [2.05, 4.69) is 44.2 Å². The van der Waals surface area contributed by atoms with Crippen molar-refractivity contribution in [3.05, 3.63) is 41.5 Å². The van der Waals surface area contributed by atoms with Crippen LogP contribution in [-0.2, 0) is 4.74 Å². The van der Waals surface area contributed by atoms with E-state index in [0.29, 0.717) is 0 Å². The second-order valence-corrected chi connectivity index (χ2v) is 5.32. The number of hydrogen-bond acceptors (Lipinski definition) is 2. The molecule has 1 aliphatic heterocycles. The molecule has 2 nitrogen and oxygen atoms in total. The summed E-state index contributed by atoms with van der Waals surface area (Å²) in [4.78, 5) is 0. The van der Waals surface area contributed by atoms with Crippen LogP contribution in [0.25, 0.3) is 5.57 Å². The van der Waals surface area contributed by atoms with Crippen LogP contribution >= 0.6 is 0 Å². The molecule has 1 heterocycles. The van der Waals surface area contributed by atoms with E-state index >= 15 is 0 Å². The third-order valence-electron chi connectivity index (χ3n) is 3.90. The maximum atomic E-state index is 9.51. The predicted molar refractivity (Wildman–Crippen MR) is 79.0 cm³/mol. The number of ether oxygens (including phenoxy) is 1. The molecule has 0 saturated heterocycles. The van der Waals surface area contributed by atoms with Gasteiger partial charge < -0.3 is 9.84 Å². The van der Waals surface area contributed by atoms with Crippen molar-refractivity contribution in [3.8, 4) is 0 Å². The lowest BCUT2D eigenvalue weighted by Gasteiger charge is -2.28. The summed E-state index contributed by atoms with van der Waals surface area (Å²) in [5, 5.41) is 9.51. The lowest BCUT2D eigenvalue weighted by atomic mass is 9.90. The first-order valence-corrected chi connectivity index (χ1v) is 7.25. The smallest absolute Gasteiger partial charge is 0.0811 e. The Hall–Kier alpha value is -1.12. The monoisotopic (exact) mass is 260 g/mol. The minimum absolute atomic E-state index is 0.0632. The lowest BCUT2D eigenvalue weighted by molar-refractivity contribution is 0.0174. The first-order valence-electron chi connectivity index (χ1n) is 7.25. The molecule has 2 heteroatoms. The Bertz CT molecular complexity index is 437. The molecule has 0 unspecified atom stereocenters. The molecule has 0 aromatic heterocycles. The highest BCUT2D eigenvalue weighted by atomic mass is 16.5. The van der Waals surface area contributed by atoms with Crippen molar-refractivity contribution >= 4 is 5.57 Å². The molecule has 104 valence electrons. The van der Waals surface area contributed by atoms with Gasteiger partial charge in [-0.3, -0.25) is 0 Å². The summed E-state index contributed by atoms with van der Waals surface area (Å²) < 4.78 is 5.84. The average molecular weight is 260 g/mol. The maximum absolute atomic E-state index is 9.51. The van der Waals surface area contributed by atoms with E-state index in [1.165, 1.54) is 16.7 Å². The Kier molecular flexibility index (Phi) is 5.17. The summed E-state index contributed by atoms with van der Waals surface area (Å²) in [5.41, 5.74) is 4.00. The zero-order chi connectivity index (χ0) is 13.7. The number of aryl methyl sites for hydroxylation is 1. The van der Waals surface area contributed by atoms with E-state index in [9.17, 15) is 5.11 Å². The Morgan fingerprint density at radius 2 is 2.16 bits per heavy atom. The van der Waals surface area contributed by atoms with Gasteiger partial charge >= 0.3 is 0 Å². The van der Waals surface area contributed by atoms with Gasteiger partial charge in [-0.2, -0.15) is 0 Å². The molecule has 0 bridgehead atoms. The van der Waals surface area contributed by atoms with Gasteiger partial charge in [0.25, 0.3) is 0 Å². The van der Waals surface area contributed by atoms with Crippen molar-refractivity contribution in [2.45, 2.75) is 39.2 Å². The first kappa shape index (κ1) is 14.3. The molecule has 1 N–H and O–H groups in total. The van der Waals surface area contributed by atoms with Crippen LogP contribution in [0.2, 0.25) is 0 Å². The van der Waals surface area contributed by atoms with Gasteiger partial charge in [-0.25, -0.2) is 0 Å². The van der Waals surface area contributed by atoms with Crippen LogP contribution in [0.5, 0.6) is 0 Å². The molecule has 1 aromatic carbocycles. The van der Waals surface area contributed by atoms with Gasteiger partial charge in [0, 0.05) is 12.5 Å². The third kappa shape index (κ3) is 3.46. The molecule has 0 fully saturated rings. The fourth-order valence-electron chi connectivity index (χ4n) is 2.79. The molecule has 0 amide bonds. The minimum Gasteiger partial charge on any atom is -0.396 e. The van der Waals surface area contributed by atoms with Gasteiger partial charge in [0.05, 0.1) is 12.7 Å². The molecule has 0 radical (unpaired) electrons. The zero-order valence-electron chi connectivity index (χ0n) is 11.9. The highest BCUT2D eigenvalue weighted by Gasteiger charge is 2.23. The molecule has 0 aliphatic carbocycles. The summed E-state index contributed by atoms with van der Waals surface area (Å²) in [5.74, 6) is 0.226. The molecule has 1 aliphatic rings. The topological polar surface area (TPSA) is 29.5 Å². The number of rotatable bonds is 5. The van der Waals surface area contributed by atoms with Crippen molar-refractivity contribution in [1.29, 1.82) is 0 Å². The molecule has 0 spiro atoms. The summed E-state index contributed by atoms with van der Waals surface area (Å²) in [6.07, 6.45) is 5.35. The van der Waals surface area contributed by atoms with Crippen molar-refractivity contribution < 1.29 is 9.84 Å². The van der Waals surface area contributed by atoms with Crippen molar-refractivity contribution in [2.75, 3.05) is 13.2 Å². The quantitative estimate of drug-likeness (QED) is 0.877. The number of aliphatic hydroxyl groups is 1. The van der Waals surface area contributed by atoms with Gasteiger partial charge in [0.2, 0.25) is 0 Å². The Morgan fingerprint density at radius 3 is 2.84 bits per heavy atom. The van der Waals surface area contributed by atoms with E-state index in [-0.39, 0.29) is 18.6 Å². The molecule has 1 aromatic rings. The largest absolute Gasteiger partial charge is 0.396 e. The Labute approximate surface area is 116 Å². The van der Waals surface area contributed by atoms with E-state index < -0.39 is 0 Å². The Balaban J connectivity index is 2.22. The highest BCUT2D eigenvalue weighted by Crippen LogP contribution is 2.29. The second kappa shape index (κ2) is 6.88. The van der Waals surface area contributed by atoms with E-state index in [1.54, 1.807) is 0 Å². The van der Waals surface area contributed by atoms with Crippen molar-refractivity contribution in [2.24, 2.45) is 5.92 Å². The zero-order valence-corrected chi connectivity index (χ0v) is 11.9. The van der Waals surface area contributed by atoms with Crippen LogP contribution in [0.4, 0.5) is 0 Å². The van der Waals surface area contributed by atoms with E-state index in [1.807, 2.05) is 0 Å². The maximum Gasteiger partial charge on any atom is 0.0811 e. The summed E-state index contributed by atoms with van der Waals surface area (Å²) in [7, 11) is 0. The molecule has 0 saturated carbocycles. The predicted octanol–water partition coefficient (Wildman–Crippen LogP) is 3.58. The number of benzene rings is 1. The number of hydrogen-bond donors (Lipinski definition) is 1. The van der Waals surface area contributed by atoms with Gasteiger partial charge in [0.1, 0.15) is 0 Å². The van der Waals surface area contributed by atoms with E-state index in [4.69, 9.17) is 4.74 Å². The average Bonchev–Trinajstić information content (AvgIpc) is 2.45. The molecule has 19 heavy (non-hydrogen) atoms. The van der Waals surface area contributed by atoms with Gasteiger partial charge in [-0.15, -0.1) is 0 Å². The molecular weight excluding hydrogens is 236 g/mol. The van der Waals surface area contributed by atoms with Crippen LogP contribution in [0.1, 0.15) is 37.3 Å². The van der Waals surface area contributed by atoms with Crippen LogP contribution in [0, 0.1) is 12.8 Å². The molecular formula is C17H24O2. The summed E-state index contributed by atoms with van der Waals surface area (Å²) >= 11 is 0. The van der Waals surface area contributed by atoms with E-state index in [0.717, 1.165) is 25.9 Å². The lowest BCUT2D eigenvalue weighted by Crippen LogP contribution is -2.28. The van der Waals surface area contributed by atoms with Crippen LogP contribution in [0.3, 0.4) is 0 Å². The second-order valence-electron chi connectivity index (χ2n) is 5.32. The fraction of sp³-hybridized carbons (Fsp3) is 0.529. The molecule has 2 rings (SSSR count). The normalized spacial score (nSPS) is 21.0. The minimum atomic E-state index is 0.0632. The highest BCUT2D eigenvalue weighted by molar-refractivity contribution is 5.69. The third-order valence-corrected chi connectivity index (χ3v) is 3.90. The van der Waals surface area contributed by atoms with Crippen LogP contribution < -0.4 is 0 Å². The summed E-state index contributed by atoms with van der Waals surface area (Å²) in [6.45, 7) is 5.26. The van der Waals surface area contributed by atoms with Crippen LogP contribution in [-0.4, -0.2) is 24.4 Å². The number of aliphatic hydroxyl groups excluding tert-OH is 1. The standard InChI is InChI=1S/C17H24O2/c1-3-6-15(12-18)17-11-14(9-10-19-17)16-8-5-4-7-13(16)2/h4-5,7-8,11,15,17-18H,3,6,9-10,12H2,1-2H3/t15-,17+/m0/s1. The van der Waals surface area contributed by atoms with Gasteiger partial charge in [-0.1, -0.05) is 43.7 Å². The molecule has 2 atom stereocenters. The fourth-order valence-corrected chi connectivity index (χ4v) is 2.79. The summed E-state index contributed by atoms with van der Waals surface area (Å²) in [6, 6.07) is 8.49. The van der Waals surface area contributed by atoms with Crippen molar-refractivity contribution in [3.63, 3.8) is 0 Å². The first-order chi connectivity index (χ1) is 9.26. The van der Waals surface area contributed by atoms with Crippen molar-refractivity contribution in [1.82, 2.24) is 0 Å². The van der Waals surface area contributed by atoms with Gasteiger partial charge in [0.15, 0.2) is 0 Å². The SMILES string of the molecule is CCC[C@@H](CO)[C@H]1C=C(c2ccccc2C)CCO1. The van der Waals surface area contributed by atoms with Gasteiger partial charge in [-0.05, 0) is 36.5 Å². The van der Waals surface area contributed by atoms with Crippen LogP contribution in [0.15, 0.2) is 30.3 Å².